The first-order chi connectivity index (χ1) is 14.1. The van der Waals surface area contributed by atoms with Crippen molar-refractivity contribution >= 4 is 23.3 Å². The summed E-state index contributed by atoms with van der Waals surface area (Å²) >= 11 is 5.91. The molecule has 3 fully saturated rings. The Kier molecular flexibility index (Phi) is 5.00. The minimum absolute atomic E-state index is 0.0623. The zero-order valence-electron chi connectivity index (χ0n) is 16.9. The first-order valence-electron chi connectivity index (χ1n) is 10.6. The van der Waals surface area contributed by atoms with Crippen LogP contribution in [-0.4, -0.2) is 64.9 Å². The van der Waals surface area contributed by atoms with Gasteiger partial charge in [0.25, 0.3) is 0 Å². The van der Waals surface area contributed by atoms with Crippen molar-refractivity contribution in [2.75, 3.05) is 44.2 Å². The number of hydrogen-bond donors (Lipinski definition) is 0. The van der Waals surface area contributed by atoms with Crippen LogP contribution in [0.3, 0.4) is 0 Å². The monoisotopic (exact) mass is 413 g/mol. The topological polar surface area (TPSA) is 44.6 Å². The fourth-order valence-electron chi connectivity index (χ4n) is 5.23. The van der Waals surface area contributed by atoms with Crippen LogP contribution >= 0.6 is 11.6 Å². The van der Waals surface area contributed by atoms with Crippen LogP contribution in [0.2, 0.25) is 5.02 Å². The molecule has 2 atom stereocenters. The highest BCUT2D eigenvalue weighted by Gasteiger charge is 2.42. The molecule has 0 saturated carbocycles. The van der Waals surface area contributed by atoms with E-state index in [1.807, 2.05) is 4.90 Å². The van der Waals surface area contributed by atoms with Crippen molar-refractivity contribution in [1.82, 2.24) is 19.6 Å². The number of rotatable bonds is 3. The molecule has 0 spiro atoms. The zero-order valence-corrected chi connectivity index (χ0v) is 17.7. The van der Waals surface area contributed by atoms with Crippen molar-refractivity contribution in [3.05, 3.63) is 46.7 Å². The minimum atomic E-state index is -0.0623. The SMILES string of the molecule is Cc1ccc(CN2CC3CN(C(=O)n4cc(Cl)cn4)CC3C2)c(N2CCCC2)c1. The third kappa shape index (κ3) is 3.76. The van der Waals surface area contributed by atoms with E-state index in [1.165, 1.54) is 53.6 Å². The van der Waals surface area contributed by atoms with Crippen molar-refractivity contribution in [3.8, 4) is 0 Å². The van der Waals surface area contributed by atoms with Gasteiger partial charge in [-0.25, -0.2) is 4.79 Å². The van der Waals surface area contributed by atoms with E-state index >= 15 is 0 Å². The Morgan fingerprint density at radius 1 is 1.14 bits per heavy atom. The number of anilines is 1. The summed E-state index contributed by atoms with van der Waals surface area (Å²) in [5.41, 5.74) is 4.20. The first kappa shape index (κ1) is 18.9. The number of benzene rings is 1. The Morgan fingerprint density at radius 3 is 2.52 bits per heavy atom. The fraction of sp³-hybridized carbons (Fsp3) is 0.545. The van der Waals surface area contributed by atoms with E-state index in [0.717, 1.165) is 32.7 Å². The highest BCUT2D eigenvalue weighted by atomic mass is 35.5. The number of carbonyl (C=O) groups is 1. The molecule has 1 amide bonds. The second-order valence-corrected chi connectivity index (χ2v) is 9.27. The molecule has 3 saturated heterocycles. The third-order valence-corrected chi connectivity index (χ3v) is 6.86. The lowest BCUT2D eigenvalue weighted by Crippen LogP contribution is -2.36. The summed E-state index contributed by atoms with van der Waals surface area (Å²) in [5, 5.41) is 4.55. The maximum atomic E-state index is 12.6. The van der Waals surface area contributed by atoms with Gasteiger partial charge < -0.3 is 9.80 Å². The number of hydrogen-bond acceptors (Lipinski definition) is 4. The van der Waals surface area contributed by atoms with Gasteiger partial charge in [0.15, 0.2) is 0 Å². The second kappa shape index (κ2) is 7.65. The molecule has 1 aromatic heterocycles. The lowest BCUT2D eigenvalue weighted by Gasteiger charge is -2.26. The normalized spacial score (nSPS) is 24.5. The van der Waals surface area contributed by atoms with Crippen molar-refractivity contribution in [1.29, 1.82) is 0 Å². The van der Waals surface area contributed by atoms with Gasteiger partial charge in [0, 0.05) is 51.5 Å². The highest BCUT2D eigenvalue weighted by molar-refractivity contribution is 6.30. The number of amides is 1. The number of aryl methyl sites for hydroxylation is 1. The van der Waals surface area contributed by atoms with Crippen molar-refractivity contribution < 1.29 is 4.79 Å². The zero-order chi connectivity index (χ0) is 20.0. The predicted molar refractivity (Wildman–Crippen MR) is 114 cm³/mol. The van der Waals surface area contributed by atoms with Gasteiger partial charge in [0.1, 0.15) is 0 Å². The van der Waals surface area contributed by atoms with E-state index in [1.54, 1.807) is 6.20 Å². The maximum absolute atomic E-state index is 12.6. The van der Waals surface area contributed by atoms with Crippen LogP contribution in [0.5, 0.6) is 0 Å². The van der Waals surface area contributed by atoms with Gasteiger partial charge in [-0.2, -0.15) is 9.78 Å². The van der Waals surface area contributed by atoms with Crippen LogP contribution in [0.15, 0.2) is 30.6 Å². The Hall–Kier alpha value is -2.05. The largest absolute Gasteiger partial charge is 0.371 e. The average Bonchev–Trinajstić information content (AvgIpc) is 3.46. The molecule has 3 aliphatic heterocycles. The van der Waals surface area contributed by atoms with E-state index < -0.39 is 0 Å². The number of nitrogens with zero attached hydrogens (tertiary/aromatic N) is 5. The van der Waals surface area contributed by atoms with Crippen LogP contribution in [0.4, 0.5) is 10.5 Å². The lowest BCUT2D eigenvalue weighted by atomic mass is 10.0. The molecule has 0 bridgehead atoms. The summed E-state index contributed by atoms with van der Waals surface area (Å²) in [5.74, 6) is 1.09. The molecular weight excluding hydrogens is 386 g/mol. The fourth-order valence-corrected chi connectivity index (χ4v) is 5.36. The quantitative estimate of drug-likeness (QED) is 0.772. The van der Waals surface area contributed by atoms with Crippen LogP contribution in [0.25, 0.3) is 0 Å². The minimum Gasteiger partial charge on any atom is -0.371 e. The van der Waals surface area contributed by atoms with Crippen molar-refractivity contribution in [3.63, 3.8) is 0 Å². The van der Waals surface area contributed by atoms with E-state index in [9.17, 15) is 4.79 Å². The van der Waals surface area contributed by atoms with Crippen LogP contribution in [0, 0.1) is 18.8 Å². The summed E-state index contributed by atoms with van der Waals surface area (Å²) in [7, 11) is 0. The van der Waals surface area contributed by atoms with Gasteiger partial charge in [-0.1, -0.05) is 23.7 Å². The molecule has 0 aliphatic carbocycles. The van der Waals surface area contributed by atoms with Gasteiger partial charge in [0.05, 0.1) is 17.4 Å². The van der Waals surface area contributed by atoms with Gasteiger partial charge in [-0.3, -0.25) is 4.90 Å². The number of likely N-dealkylation sites (tertiary alicyclic amines) is 2. The Morgan fingerprint density at radius 2 is 1.86 bits per heavy atom. The first-order valence-corrected chi connectivity index (χ1v) is 11.0. The average molecular weight is 414 g/mol. The van der Waals surface area contributed by atoms with E-state index in [-0.39, 0.29) is 6.03 Å². The Balaban J connectivity index is 1.23. The Labute approximate surface area is 177 Å². The number of carbonyl (C=O) groups excluding carboxylic acids is 1. The summed E-state index contributed by atoms with van der Waals surface area (Å²) in [6, 6.07) is 6.84. The molecule has 154 valence electrons. The molecule has 6 nitrogen and oxygen atoms in total. The molecule has 1 aromatic carbocycles. The molecule has 0 N–H and O–H groups in total. The molecule has 5 rings (SSSR count). The molecule has 4 heterocycles. The summed E-state index contributed by atoms with van der Waals surface area (Å²) < 4.78 is 1.36. The predicted octanol–water partition coefficient (Wildman–Crippen LogP) is 3.48. The third-order valence-electron chi connectivity index (χ3n) is 6.66. The van der Waals surface area contributed by atoms with Crippen molar-refractivity contribution in [2.24, 2.45) is 11.8 Å². The molecule has 0 radical (unpaired) electrons. The number of fused-ring (bicyclic) bond motifs is 1. The lowest BCUT2D eigenvalue weighted by molar-refractivity contribution is 0.197. The summed E-state index contributed by atoms with van der Waals surface area (Å²) in [4.78, 5) is 19.7. The second-order valence-electron chi connectivity index (χ2n) is 8.83. The van der Waals surface area contributed by atoms with E-state index in [0.29, 0.717) is 16.9 Å². The smallest absolute Gasteiger partial charge is 0.344 e. The van der Waals surface area contributed by atoms with E-state index in [2.05, 4.69) is 40.0 Å². The van der Waals surface area contributed by atoms with Crippen LogP contribution in [0.1, 0.15) is 24.0 Å². The Bertz CT molecular complexity index is 892. The number of aromatic nitrogens is 2. The summed E-state index contributed by atoms with van der Waals surface area (Å²) in [6.45, 7) is 9.27. The van der Waals surface area contributed by atoms with Gasteiger partial charge in [-0.15, -0.1) is 0 Å². The maximum Gasteiger partial charge on any atom is 0.344 e. The highest BCUT2D eigenvalue weighted by Crippen LogP contribution is 2.34. The van der Waals surface area contributed by atoms with Crippen molar-refractivity contribution in [2.45, 2.75) is 26.3 Å². The van der Waals surface area contributed by atoms with Gasteiger partial charge >= 0.3 is 6.03 Å². The molecule has 2 unspecified atom stereocenters. The molecule has 7 heteroatoms. The molecular formula is C22H28ClN5O. The van der Waals surface area contributed by atoms with Crippen LogP contribution < -0.4 is 4.90 Å². The summed E-state index contributed by atoms with van der Waals surface area (Å²) in [6.07, 6.45) is 5.69. The van der Waals surface area contributed by atoms with Gasteiger partial charge in [0.2, 0.25) is 0 Å². The molecule has 3 aliphatic rings. The standard InChI is InChI=1S/C22H28ClN5O/c1-16-4-5-17(21(8-16)26-6-2-3-7-26)10-25-11-18-13-27(14-19(18)12-25)22(29)28-15-20(23)9-24-28/h4-5,8-9,15,18-19H,2-3,6-7,10-14H2,1H3. The molecule has 2 aromatic rings. The van der Waals surface area contributed by atoms with Gasteiger partial charge in [-0.05, 0) is 48.8 Å². The van der Waals surface area contributed by atoms with Crippen LogP contribution in [-0.2, 0) is 6.54 Å². The number of halogens is 1. The van der Waals surface area contributed by atoms with E-state index in [4.69, 9.17) is 11.6 Å². The molecule has 29 heavy (non-hydrogen) atoms.